The quantitative estimate of drug-likeness (QED) is 0.900. The molecule has 0 aromatic heterocycles. The summed E-state index contributed by atoms with van der Waals surface area (Å²) in [7, 11) is 3.02. The Labute approximate surface area is 108 Å². The summed E-state index contributed by atoms with van der Waals surface area (Å²) < 4.78 is 23.8. The summed E-state index contributed by atoms with van der Waals surface area (Å²) in [6, 6.07) is 4.08. The summed E-state index contributed by atoms with van der Waals surface area (Å²) in [6.07, 6.45) is -1.39. The van der Waals surface area contributed by atoms with Crippen molar-refractivity contribution < 1.29 is 19.0 Å². The molecule has 0 spiro atoms. The second-order valence-corrected chi connectivity index (χ2v) is 5.35. The van der Waals surface area contributed by atoms with Gasteiger partial charge in [-0.3, -0.25) is 0 Å². The molecule has 0 aliphatic carbocycles. The summed E-state index contributed by atoms with van der Waals surface area (Å²) >= 11 is 0. The van der Waals surface area contributed by atoms with Crippen LogP contribution in [0.15, 0.2) is 18.2 Å². The highest BCUT2D eigenvalue weighted by molar-refractivity contribution is 5.36. The molecule has 0 aliphatic rings. The smallest absolute Gasteiger partial charge is 0.124 e. The number of rotatable bonds is 4. The molecule has 0 heterocycles. The molecular formula is C14H21FO3. The van der Waals surface area contributed by atoms with Gasteiger partial charge in [0.1, 0.15) is 17.7 Å². The Morgan fingerprint density at radius 2 is 1.83 bits per heavy atom. The number of ether oxygens (including phenoxy) is 2. The maximum Gasteiger partial charge on any atom is 0.124 e. The third-order valence-corrected chi connectivity index (χ3v) is 2.90. The van der Waals surface area contributed by atoms with Crippen LogP contribution < -0.4 is 4.74 Å². The van der Waals surface area contributed by atoms with Crippen LogP contribution in [0.2, 0.25) is 0 Å². The maximum atomic E-state index is 13.3. The minimum atomic E-state index is -0.944. The SMILES string of the molecule is COc1ccc(F)cc1C(O)C(OC)C(C)(C)C. The molecule has 1 aromatic carbocycles. The van der Waals surface area contributed by atoms with E-state index in [0.29, 0.717) is 11.3 Å². The molecule has 2 atom stereocenters. The van der Waals surface area contributed by atoms with Gasteiger partial charge < -0.3 is 14.6 Å². The zero-order chi connectivity index (χ0) is 13.9. The number of hydrogen-bond acceptors (Lipinski definition) is 3. The first kappa shape index (κ1) is 14.9. The first-order chi connectivity index (χ1) is 8.31. The molecule has 3 nitrogen and oxygen atoms in total. The van der Waals surface area contributed by atoms with Gasteiger partial charge in [-0.2, -0.15) is 0 Å². The summed E-state index contributed by atoms with van der Waals surface area (Å²) in [6.45, 7) is 5.86. The molecule has 1 N–H and O–H groups in total. The van der Waals surface area contributed by atoms with Crippen molar-refractivity contribution in [3.8, 4) is 5.75 Å². The monoisotopic (exact) mass is 256 g/mol. The van der Waals surface area contributed by atoms with E-state index in [1.54, 1.807) is 0 Å². The lowest BCUT2D eigenvalue weighted by Crippen LogP contribution is -2.34. The first-order valence-electron chi connectivity index (χ1n) is 5.85. The highest BCUT2D eigenvalue weighted by atomic mass is 19.1. The molecule has 102 valence electrons. The maximum absolute atomic E-state index is 13.3. The predicted octanol–water partition coefficient (Wildman–Crippen LogP) is 2.93. The average molecular weight is 256 g/mol. The van der Waals surface area contributed by atoms with Crippen molar-refractivity contribution >= 4 is 0 Å². The van der Waals surface area contributed by atoms with Gasteiger partial charge in [0, 0.05) is 12.7 Å². The fourth-order valence-electron chi connectivity index (χ4n) is 2.06. The van der Waals surface area contributed by atoms with E-state index in [0.717, 1.165) is 0 Å². The van der Waals surface area contributed by atoms with E-state index in [4.69, 9.17) is 9.47 Å². The van der Waals surface area contributed by atoms with Crippen molar-refractivity contribution in [3.05, 3.63) is 29.6 Å². The van der Waals surface area contributed by atoms with Gasteiger partial charge in [-0.05, 0) is 23.6 Å². The molecule has 1 aromatic rings. The molecule has 1 rings (SSSR count). The molecule has 0 aliphatic heterocycles. The molecular weight excluding hydrogens is 235 g/mol. The lowest BCUT2D eigenvalue weighted by atomic mass is 9.83. The topological polar surface area (TPSA) is 38.7 Å². The van der Waals surface area contributed by atoms with E-state index in [1.165, 1.54) is 32.4 Å². The Kier molecular flexibility index (Phi) is 4.71. The molecule has 0 fully saturated rings. The summed E-state index contributed by atoms with van der Waals surface area (Å²) in [5.41, 5.74) is 0.130. The Balaban J connectivity index is 3.16. The molecule has 0 amide bonds. The number of hydrogen-bond donors (Lipinski definition) is 1. The Morgan fingerprint density at radius 1 is 1.22 bits per heavy atom. The van der Waals surface area contributed by atoms with Crippen molar-refractivity contribution in [2.24, 2.45) is 5.41 Å². The number of methoxy groups -OCH3 is 2. The van der Waals surface area contributed by atoms with Crippen molar-refractivity contribution in [1.82, 2.24) is 0 Å². The van der Waals surface area contributed by atoms with Gasteiger partial charge in [0.15, 0.2) is 0 Å². The van der Waals surface area contributed by atoms with Gasteiger partial charge in [0.2, 0.25) is 0 Å². The molecule has 4 heteroatoms. The van der Waals surface area contributed by atoms with Gasteiger partial charge in [-0.15, -0.1) is 0 Å². The summed E-state index contributed by atoms with van der Waals surface area (Å²) in [5, 5.41) is 10.4. The van der Waals surface area contributed by atoms with Crippen LogP contribution in [0, 0.1) is 11.2 Å². The number of aliphatic hydroxyl groups is 1. The van der Waals surface area contributed by atoms with Crippen LogP contribution in [0.1, 0.15) is 32.4 Å². The van der Waals surface area contributed by atoms with Crippen molar-refractivity contribution in [2.75, 3.05) is 14.2 Å². The predicted molar refractivity (Wildman–Crippen MR) is 68.2 cm³/mol. The highest BCUT2D eigenvalue weighted by Crippen LogP contribution is 2.36. The second kappa shape index (κ2) is 5.67. The van der Waals surface area contributed by atoms with Gasteiger partial charge >= 0.3 is 0 Å². The zero-order valence-corrected chi connectivity index (χ0v) is 11.5. The van der Waals surface area contributed by atoms with Gasteiger partial charge in [-0.25, -0.2) is 4.39 Å². The van der Waals surface area contributed by atoms with Crippen molar-refractivity contribution in [2.45, 2.75) is 33.0 Å². The number of aliphatic hydroxyl groups excluding tert-OH is 1. The van der Waals surface area contributed by atoms with Crippen LogP contribution >= 0.6 is 0 Å². The molecule has 0 radical (unpaired) electrons. The second-order valence-electron chi connectivity index (χ2n) is 5.35. The van der Waals surface area contributed by atoms with E-state index in [9.17, 15) is 9.50 Å². The largest absolute Gasteiger partial charge is 0.496 e. The van der Waals surface area contributed by atoms with Crippen LogP contribution in [0.25, 0.3) is 0 Å². The Bertz CT molecular complexity index is 399. The fourth-order valence-corrected chi connectivity index (χ4v) is 2.06. The van der Waals surface area contributed by atoms with Crippen molar-refractivity contribution in [3.63, 3.8) is 0 Å². The van der Waals surface area contributed by atoms with Gasteiger partial charge in [-0.1, -0.05) is 20.8 Å². The fraction of sp³-hybridized carbons (Fsp3) is 0.571. The van der Waals surface area contributed by atoms with E-state index in [2.05, 4.69) is 0 Å². The van der Waals surface area contributed by atoms with Gasteiger partial charge in [0.05, 0.1) is 13.2 Å². The molecule has 0 bridgehead atoms. The Hall–Kier alpha value is -1.13. The molecule has 2 unspecified atom stereocenters. The van der Waals surface area contributed by atoms with E-state index < -0.39 is 18.0 Å². The van der Waals surface area contributed by atoms with Crippen LogP contribution in [0.4, 0.5) is 4.39 Å². The normalized spacial score (nSPS) is 15.3. The summed E-state index contributed by atoms with van der Waals surface area (Å²) in [4.78, 5) is 0. The third kappa shape index (κ3) is 3.21. The average Bonchev–Trinajstić information content (AvgIpc) is 2.27. The molecule has 0 saturated heterocycles. The number of benzene rings is 1. The van der Waals surface area contributed by atoms with E-state index >= 15 is 0 Å². The minimum absolute atomic E-state index is 0.272. The molecule has 0 saturated carbocycles. The van der Waals surface area contributed by atoms with Crippen LogP contribution in [0.3, 0.4) is 0 Å². The van der Waals surface area contributed by atoms with Crippen molar-refractivity contribution in [1.29, 1.82) is 0 Å². The van der Waals surface area contributed by atoms with E-state index in [1.807, 2.05) is 20.8 Å². The van der Waals surface area contributed by atoms with Gasteiger partial charge in [0.25, 0.3) is 0 Å². The lowest BCUT2D eigenvalue weighted by Gasteiger charge is -2.33. The number of halogens is 1. The lowest BCUT2D eigenvalue weighted by molar-refractivity contribution is -0.0731. The minimum Gasteiger partial charge on any atom is -0.496 e. The molecule has 18 heavy (non-hydrogen) atoms. The van der Waals surface area contributed by atoms with Crippen LogP contribution in [-0.2, 0) is 4.74 Å². The standard InChI is InChI=1S/C14H21FO3/c1-14(2,3)13(18-5)12(16)10-8-9(15)6-7-11(10)17-4/h6-8,12-13,16H,1-5H3. The van der Waals surface area contributed by atoms with Crippen LogP contribution in [-0.4, -0.2) is 25.4 Å². The third-order valence-electron chi connectivity index (χ3n) is 2.90. The van der Waals surface area contributed by atoms with E-state index in [-0.39, 0.29) is 5.41 Å². The summed E-state index contributed by atoms with van der Waals surface area (Å²) in [5.74, 6) is 0.0452. The van der Waals surface area contributed by atoms with Crippen LogP contribution in [0.5, 0.6) is 5.75 Å². The zero-order valence-electron chi connectivity index (χ0n) is 11.5. The first-order valence-corrected chi connectivity index (χ1v) is 5.85. The highest BCUT2D eigenvalue weighted by Gasteiger charge is 2.33. The Morgan fingerprint density at radius 3 is 2.28 bits per heavy atom.